The molecule has 1 fully saturated rings. The van der Waals surface area contributed by atoms with Crippen molar-refractivity contribution in [3.63, 3.8) is 0 Å². The molecule has 1 saturated heterocycles. The number of fused-ring (bicyclic) bond motifs is 1. The minimum atomic E-state index is 0.381. The van der Waals surface area contributed by atoms with Gasteiger partial charge in [-0.3, -0.25) is 4.90 Å². The predicted molar refractivity (Wildman–Crippen MR) is 137 cm³/mol. The summed E-state index contributed by atoms with van der Waals surface area (Å²) < 4.78 is 0. The third kappa shape index (κ3) is 5.46. The molecule has 2 aromatic carbocycles. The van der Waals surface area contributed by atoms with E-state index in [-0.39, 0.29) is 0 Å². The first-order valence-electron chi connectivity index (χ1n) is 11.7. The fourth-order valence-electron chi connectivity index (χ4n) is 4.46. The van der Waals surface area contributed by atoms with Gasteiger partial charge >= 0.3 is 0 Å². The van der Waals surface area contributed by atoms with Crippen LogP contribution in [0.15, 0.2) is 71.0 Å². The third-order valence-electron chi connectivity index (χ3n) is 6.35. The number of nitrogens with one attached hydrogen (secondary N) is 1. The Bertz CT molecular complexity index is 1390. The van der Waals surface area contributed by atoms with E-state index in [1.54, 1.807) is 12.3 Å². The summed E-state index contributed by atoms with van der Waals surface area (Å²) in [6, 6.07) is 20.2. The van der Waals surface area contributed by atoms with Crippen molar-refractivity contribution >= 4 is 28.4 Å². The Morgan fingerprint density at radius 3 is 2.57 bits per heavy atom. The maximum absolute atomic E-state index is 9.18. The van der Waals surface area contributed by atoms with Crippen molar-refractivity contribution in [3.8, 4) is 12.1 Å². The van der Waals surface area contributed by atoms with Crippen LogP contribution >= 0.6 is 11.8 Å². The van der Waals surface area contributed by atoms with Crippen LogP contribution in [0.2, 0.25) is 0 Å². The number of aryl methyl sites for hydroxylation is 1. The van der Waals surface area contributed by atoms with Crippen LogP contribution in [-0.2, 0) is 6.42 Å². The Kier molecular flexibility index (Phi) is 6.94. The Morgan fingerprint density at radius 2 is 1.80 bits per heavy atom. The van der Waals surface area contributed by atoms with Gasteiger partial charge < -0.3 is 9.88 Å². The lowest BCUT2D eigenvalue weighted by Crippen LogP contribution is -2.46. The van der Waals surface area contributed by atoms with Crippen molar-refractivity contribution in [1.82, 2.24) is 19.9 Å². The van der Waals surface area contributed by atoms with Crippen molar-refractivity contribution in [2.24, 2.45) is 0 Å². The molecule has 0 atom stereocenters. The lowest BCUT2D eigenvalue weighted by molar-refractivity contribution is 0.255. The van der Waals surface area contributed by atoms with Crippen LogP contribution in [0.25, 0.3) is 10.9 Å². The molecule has 0 spiro atoms. The zero-order valence-corrected chi connectivity index (χ0v) is 20.1. The summed E-state index contributed by atoms with van der Waals surface area (Å²) in [5.41, 5.74) is 4.71. The molecule has 0 unspecified atom stereocenters. The van der Waals surface area contributed by atoms with Gasteiger partial charge in [-0.25, -0.2) is 9.97 Å². The Morgan fingerprint density at radius 1 is 0.971 bits per heavy atom. The van der Waals surface area contributed by atoms with Gasteiger partial charge in [-0.1, -0.05) is 0 Å². The number of anilines is 1. The number of rotatable bonds is 7. The van der Waals surface area contributed by atoms with Crippen LogP contribution < -0.4 is 4.90 Å². The number of nitrogens with zero attached hydrogens (tertiary/aromatic N) is 6. The summed E-state index contributed by atoms with van der Waals surface area (Å²) in [7, 11) is 0. The van der Waals surface area contributed by atoms with Crippen LogP contribution in [0.3, 0.4) is 0 Å². The zero-order valence-electron chi connectivity index (χ0n) is 19.3. The minimum Gasteiger partial charge on any atom is -0.369 e. The molecule has 2 aromatic heterocycles. The summed E-state index contributed by atoms with van der Waals surface area (Å²) in [5, 5.41) is 19.9. The van der Waals surface area contributed by atoms with Gasteiger partial charge in [-0.15, -0.1) is 0 Å². The molecular formula is C27H25N7S. The highest BCUT2D eigenvalue weighted by molar-refractivity contribution is 7.99. The van der Waals surface area contributed by atoms with E-state index < -0.39 is 0 Å². The van der Waals surface area contributed by atoms with E-state index in [0.717, 1.165) is 56.0 Å². The zero-order chi connectivity index (χ0) is 24.0. The van der Waals surface area contributed by atoms with E-state index in [0.29, 0.717) is 16.4 Å². The highest BCUT2D eigenvalue weighted by atomic mass is 32.2. The normalized spacial score (nSPS) is 14.1. The Labute approximate surface area is 209 Å². The number of aromatic amines is 1. The second-order valence-corrected chi connectivity index (χ2v) is 9.59. The van der Waals surface area contributed by atoms with Crippen LogP contribution in [0.1, 0.15) is 23.2 Å². The third-order valence-corrected chi connectivity index (χ3v) is 7.24. The van der Waals surface area contributed by atoms with Gasteiger partial charge in [0.15, 0.2) is 5.16 Å². The highest BCUT2D eigenvalue weighted by Gasteiger charge is 2.17. The van der Waals surface area contributed by atoms with Crippen LogP contribution in [0, 0.1) is 22.7 Å². The first-order valence-corrected chi connectivity index (χ1v) is 12.5. The second kappa shape index (κ2) is 10.6. The molecule has 174 valence electrons. The van der Waals surface area contributed by atoms with E-state index in [2.05, 4.69) is 67.4 Å². The van der Waals surface area contributed by atoms with Crippen molar-refractivity contribution < 1.29 is 0 Å². The predicted octanol–water partition coefficient (Wildman–Crippen LogP) is 4.61. The monoisotopic (exact) mass is 479 g/mol. The number of aromatic nitrogens is 3. The minimum absolute atomic E-state index is 0.381. The fraction of sp³-hybridized carbons (Fsp3) is 0.259. The van der Waals surface area contributed by atoms with E-state index in [4.69, 9.17) is 5.26 Å². The molecule has 8 heteroatoms. The number of hydrogen-bond acceptors (Lipinski definition) is 7. The van der Waals surface area contributed by atoms with Crippen molar-refractivity contribution in [2.75, 3.05) is 37.6 Å². The maximum atomic E-state index is 9.18. The molecule has 0 radical (unpaired) electrons. The second-order valence-electron chi connectivity index (χ2n) is 8.55. The Hall–Kier alpha value is -3.85. The molecule has 1 N–H and O–H groups in total. The van der Waals surface area contributed by atoms with Crippen LogP contribution in [-0.4, -0.2) is 52.6 Å². The topological polar surface area (TPSA) is 95.6 Å². The first kappa shape index (κ1) is 22.9. The lowest BCUT2D eigenvalue weighted by Gasteiger charge is -2.36. The fourth-order valence-corrected chi connectivity index (χ4v) is 5.20. The van der Waals surface area contributed by atoms with Gasteiger partial charge in [0.2, 0.25) is 0 Å². The quantitative estimate of drug-likeness (QED) is 0.387. The maximum Gasteiger partial charge on any atom is 0.193 e. The molecule has 7 nitrogen and oxygen atoms in total. The molecule has 1 aliphatic rings. The van der Waals surface area contributed by atoms with E-state index in [1.807, 2.05) is 18.2 Å². The van der Waals surface area contributed by atoms with Crippen LogP contribution in [0.4, 0.5) is 5.69 Å². The van der Waals surface area contributed by atoms with Crippen molar-refractivity contribution in [3.05, 3.63) is 77.7 Å². The van der Waals surface area contributed by atoms with Gasteiger partial charge in [0.25, 0.3) is 0 Å². The smallest absolute Gasteiger partial charge is 0.193 e. The number of hydrogen-bond donors (Lipinski definition) is 1. The summed E-state index contributed by atoms with van der Waals surface area (Å²) in [6.07, 6.45) is 5.81. The van der Waals surface area contributed by atoms with Gasteiger partial charge in [0.05, 0.1) is 11.6 Å². The van der Waals surface area contributed by atoms with Gasteiger partial charge in [-0.05, 0) is 85.2 Å². The van der Waals surface area contributed by atoms with E-state index in [1.165, 1.54) is 28.4 Å². The SMILES string of the molecule is N#Cc1ccc2[nH]cc(CCCN3CCN(c4ccc(Sc5nccc(C#N)n5)cc4)CC3)c2c1. The molecule has 3 heterocycles. The van der Waals surface area contributed by atoms with Crippen molar-refractivity contribution in [2.45, 2.75) is 22.9 Å². The van der Waals surface area contributed by atoms with Gasteiger partial charge in [0, 0.05) is 60.1 Å². The standard InChI is InChI=1S/C27H25N7S/c28-17-20-3-8-26-25(16-20)21(19-31-26)2-1-11-33-12-14-34(15-13-33)23-4-6-24(7-5-23)35-27-30-10-9-22(18-29)32-27/h3-10,16,19,31H,1-2,11-15H2. The van der Waals surface area contributed by atoms with E-state index >= 15 is 0 Å². The molecule has 35 heavy (non-hydrogen) atoms. The average Bonchev–Trinajstić information content (AvgIpc) is 3.32. The molecule has 4 aromatic rings. The molecule has 0 bridgehead atoms. The molecule has 5 rings (SSSR count). The molecule has 0 saturated carbocycles. The summed E-state index contributed by atoms with van der Waals surface area (Å²) in [5.74, 6) is 0. The van der Waals surface area contributed by atoms with Crippen LogP contribution in [0.5, 0.6) is 0 Å². The summed E-state index contributed by atoms with van der Waals surface area (Å²) >= 11 is 1.47. The molecule has 1 aliphatic heterocycles. The number of benzene rings is 2. The van der Waals surface area contributed by atoms with Crippen molar-refractivity contribution in [1.29, 1.82) is 10.5 Å². The van der Waals surface area contributed by atoms with E-state index in [9.17, 15) is 5.26 Å². The lowest BCUT2D eigenvalue weighted by atomic mass is 10.1. The Balaban J connectivity index is 1.10. The molecular weight excluding hydrogens is 454 g/mol. The summed E-state index contributed by atoms with van der Waals surface area (Å²) in [4.78, 5) is 17.8. The molecule has 0 amide bonds. The average molecular weight is 480 g/mol. The largest absolute Gasteiger partial charge is 0.369 e. The summed E-state index contributed by atoms with van der Waals surface area (Å²) in [6.45, 7) is 5.21. The van der Waals surface area contributed by atoms with Gasteiger partial charge in [0.1, 0.15) is 11.8 Å². The first-order chi connectivity index (χ1) is 17.2. The number of nitriles is 2. The highest BCUT2D eigenvalue weighted by Crippen LogP contribution is 2.27. The number of piperazine rings is 1. The number of H-pyrrole nitrogens is 1. The molecule has 0 aliphatic carbocycles. The van der Waals surface area contributed by atoms with Gasteiger partial charge in [-0.2, -0.15) is 10.5 Å².